The third kappa shape index (κ3) is 1.18. The fourth-order valence-electron chi connectivity index (χ4n) is 2.25. The summed E-state index contributed by atoms with van der Waals surface area (Å²) in [6, 6.07) is 0. The second kappa shape index (κ2) is 2.56. The smallest absolute Gasteiger partial charge is 0.225 e. The van der Waals surface area contributed by atoms with Crippen molar-refractivity contribution in [1.82, 2.24) is 0 Å². The number of hydrogen-bond donors (Lipinski definition) is 0. The highest BCUT2D eigenvalue weighted by molar-refractivity contribution is 6.64. The summed E-state index contributed by atoms with van der Waals surface area (Å²) in [5.74, 6) is 0.403. The first-order valence-electron chi connectivity index (χ1n) is 4.35. The van der Waals surface area contributed by atoms with Crippen LogP contribution in [0.15, 0.2) is 0 Å². The van der Waals surface area contributed by atoms with Crippen molar-refractivity contribution in [1.29, 1.82) is 0 Å². The van der Waals surface area contributed by atoms with Crippen molar-refractivity contribution in [2.45, 2.75) is 32.1 Å². The van der Waals surface area contributed by atoms with E-state index in [-0.39, 0.29) is 16.6 Å². The number of carbonyl (C=O) groups is 2. The van der Waals surface area contributed by atoms with Gasteiger partial charge in [-0.25, -0.2) is 0 Å². The largest absolute Gasteiger partial charge is 0.300 e. The Labute approximate surface area is 76.3 Å². The summed E-state index contributed by atoms with van der Waals surface area (Å²) >= 11 is 5.41. The van der Waals surface area contributed by atoms with Crippen LogP contribution in [0, 0.1) is 11.3 Å². The fraction of sp³-hybridized carbons (Fsp3) is 0.778. The third-order valence-corrected chi connectivity index (χ3v) is 3.53. The van der Waals surface area contributed by atoms with E-state index in [1.165, 1.54) is 0 Å². The highest BCUT2D eigenvalue weighted by Gasteiger charge is 2.57. The van der Waals surface area contributed by atoms with Gasteiger partial charge in [-0.2, -0.15) is 0 Å². The minimum Gasteiger partial charge on any atom is -0.300 e. The number of hydrogen-bond acceptors (Lipinski definition) is 2. The highest BCUT2D eigenvalue weighted by Crippen LogP contribution is 2.61. The molecule has 1 spiro atoms. The van der Waals surface area contributed by atoms with Gasteiger partial charge in [-0.1, -0.05) is 0 Å². The molecule has 0 amide bonds. The Bertz CT molecular complexity index is 237. The van der Waals surface area contributed by atoms with Gasteiger partial charge in [-0.05, 0) is 36.3 Å². The molecule has 0 N–H and O–H groups in total. The molecule has 0 aromatic heterocycles. The SMILES string of the molecule is O=C1CCC2(CC1)CC2C(=O)Cl. The molecule has 2 fully saturated rings. The van der Waals surface area contributed by atoms with Crippen molar-refractivity contribution in [2.75, 3.05) is 0 Å². The van der Waals surface area contributed by atoms with Crippen molar-refractivity contribution < 1.29 is 9.59 Å². The van der Waals surface area contributed by atoms with Gasteiger partial charge in [0.15, 0.2) is 0 Å². The van der Waals surface area contributed by atoms with Crippen molar-refractivity contribution in [3.63, 3.8) is 0 Å². The first-order valence-corrected chi connectivity index (χ1v) is 4.73. The molecule has 1 atom stereocenters. The predicted molar refractivity (Wildman–Crippen MR) is 44.9 cm³/mol. The molecule has 0 aromatic carbocycles. The Morgan fingerprint density at radius 1 is 1.42 bits per heavy atom. The van der Waals surface area contributed by atoms with E-state index >= 15 is 0 Å². The average molecular weight is 187 g/mol. The maximum absolute atomic E-state index is 10.9. The molecule has 2 rings (SSSR count). The summed E-state index contributed by atoms with van der Waals surface area (Å²) in [7, 11) is 0. The molecule has 2 saturated carbocycles. The van der Waals surface area contributed by atoms with Crippen LogP contribution >= 0.6 is 11.6 Å². The van der Waals surface area contributed by atoms with Gasteiger partial charge in [0.05, 0.1) is 0 Å². The van der Waals surface area contributed by atoms with Crippen LogP contribution in [0.3, 0.4) is 0 Å². The minimum absolute atomic E-state index is 0.0623. The molecule has 0 heterocycles. The van der Waals surface area contributed by atoms with E-state index in [2.05, 4.69) is 0 Å². The molecule has 2 aliphatic carbocycles. The Kier molecular flexibility index (Phi) is 1.76. The van der Waals surface area contributed by atoms with E-state index < -0.39 is 0 Å². The van der Waals surface area contributed by atoms with Crippen LogP contribution in [0.25, 0.3) is 0 Å². The Morgan fingerprint density at radius 2 is 2.00 bits per heavy atom. The lowest BCUT2D eigenvalue weighted by Crippen LogP contribution is -2.17. The van der Waals surface area contributed by atoms with Crippen LogP contribution in [-0.4, -0.2) is 11.0 Å². The van der Waals surface area contributed by atoms with E-state index in [0.29, 0.717) is 18.6 Å². The number of Topliss-reactive ketones (excluding diaryl/α,β-unsaturated/α-hetero) is 1. The molecule has 2 nitrogen and oxygen atoms in total. The normalized spacial score (nSPS) is 32.1. The Hall–Kier alpha value is -0.370. The number of carbonyl (C=O) groups excluding carboxylic acids is 2. The van der Waals surface area contributed by atoms with Crippen LogP contribution in [0.4, 0.5) is 0 Å². The van der Waals surface area contributed by atoms with Gasteiger partial charge >= 0.3 is 0 Å². The molecule has 0 saturated heterocycles. The monoisotopic (exact) mass is 186 g/mol. The number of rotatable bonds is 1. The molecule has 0 aromatic rings. The molecule has 0 aliphatic heterocycles. The second-order valence-electron chi connectivity index (χ2n) is 3.96. The Balaban J connectivity index is 1.99. The van der Waals surface area contributed by atoms with E-state index in [0.717, 1.165) is 19.3 Å². The Morgan fingerprint density at radius 3 is 2.42 bits per heavy atom. The predicted octanol–water partition coefficient (Wildman–Crippen LogP) is 1.90. The lowest BCUT2D eigenvalue weighted by Gasteiger charge is -2.20. The zero-order valence-corrected chi connectivity index (χ0v) is 7.56. The fourth-order valence-corrected chi connectivity index (χ4v) is 2.56. The van der Waals surface area contributed by atoms with Crippen molar-refractivity contribution in [3.8, 4) is 0 Å². The maximum Gasteiger partial charge on any atom is 0.225 e. The van der Waals surface area contributed by atoms with Crippen molar-refractivity contribution in [2.24, 2.45) is 11.3 Å². The zero-order valence-electron chi connectivity index (χ0n) is 6.81. The first-order chi connectivity index (χ1) is 5.64. The topological polar surface area (TPSA) is 34.1 Å². The van der Waals surface area contributed by atoms with Crippen molar-refractivity contribution in [3.05, 3.63) is 0 Å². The molecule has 0 radical (unpaired) electrons. The summed E-state index contributed by atoms with van der Waals surface area (Å²) in [5, 5.41) is -0.204. The van der Waals surface area contributed by atoms with Crippen LogP contribution in [0.5, 0.6) is 0 Å². The molecule has 2 aliphatic rings. The van der Waals surface area contributed by atoms with Gasteiger partial charge in [0.2, 0.25) is 5.24 Å². The molecule has 66 valence electrons. The molecule has 1 unspecified atom stereocenters. The summed E-state index contributed by atoms with van der Waals surface area (Å²) in [6.07, 6.45) is 3.99. The quantitative estimate of drug-likeness (QED) is 0.587. The average Bonchev–Trinajstić information content (AvgIpc) is 2.72. The van der Waals surface area contributed by atoms with Gasteiger partial charge in [0.25, 0.3) is 0 Å². The maximum atomic E-state index is 10.9. The molecular weight excluding hydrogens is 176 g/mol. The van der Waals surface area contributed by atoms with Crippen LogP contribution in [-0.2, 0) is 9.59 Å². The summed E-state index contributed by atoms with van der Waals surface area (Å²) < 4.78 is 0. The summed E-state index contributed by atoms with van der Waals surface area (Å²) in [6.45, 7) is 0. The third-order valence-electron chi connectivity index (χ3n) is 3.27. The van der Waals surface area contributed by atoms with E-state index in [4.69, 9.17) is 11.6 Å². The van der Waals surface area contributed by atoms with Crippen LogP contribution < -0.4 is 0 Å². The van der Waals surface area contributed by atoms with Crippen LogP contribution in [0.1, 0.15) is 32.1 Å². The van der Waals surface area contributed by atoms with E-state index in [9.17, 15) is 9.59 Å². The van der Waals surface area contributed by atoms with Gasteiger partial charge in [-0.15, -0.1) is 0 Å². The highest BCUT2D eigenvalue weighted by atomic mass is 35.5. The summed E-state index contributed by atoms with van der Waals surface area (Å²) in [4.78, 5) is 21.8. The standard InChI is InChI=1S/C9H11ClO2/c10-8(12)7-5-9(7)3-1-6(11)2-4-9/h7H,1-5H2. The zero-order chi connectivity index (χ0) is 8.77. The molecule has 3 heteroatoms. The lowest BCUT2D eigenvalue weighted by molar-refractivity contribution is -0.122. The second-order valence-corrected chi connectivity index (χ2v) is 4.33. The molecule has 12 heavy (non-hydrogen) atoms. The van der Waals surface area contributed by atoms with Gasteiger partial charge in [0.1, 0.15) is 5.78 Å². The summed E-state index contributed by atoms with van der Waals surface area (Å²) in [5.41, 5.74) is 0.146. The first kappa shape index (κ1) is 8.24. The van der Waals surface area contributed by atoms with Crippen LogP contribution in [0.2, 0.25) is 0 Å². The van der Waals surface area contributed by atoms with Crippen molar-refractivity contribution >= 4 is 22.6 Å². The molecular formula is C9H11ClO2. The number of ketones is 1. The minimum atomic E-state index is -0.204. The van der Waals surface area contributed by atoms with Gasteiger partial charge in [0, 0.05) is 18.8 Å². The lowest BCUT2D eigenvalue weighted by atomic mass is 9.84. The molecule has 0 bridgehead atoms. The van der Waals surface area contributed by atoms with E-state index in [1.54, 1.807) is 0 Å². The van der Waals surface area contributed by atoms with Gasteiger partial charge in [-0.3, -0.25) is 9.59 Å². The van der Waals surface area contributed by atoms with Gasteiger partial charge < -0.3 is 0 Å². The number of halogens is 1. The van der Waals surface area contributed by atoms with E-state index in [1.807, 2.05) is 0 Å².